The lowest BCUT2D eigenvalue weighted by atomic mass is 9.80. The van der Waals surface area contributed by atoms with E-state index in [0.717, 1.165) is 19.0 Å². The van der Waals surface area contributed by atoms with E-state index in [1.54, 1.807) is 0 Å². The van der Waals surface area contributed by atoms with Crippen molar-refractivity contribution in [2.24, 2.45) is 0 Å². The van der Waals surface area contributed by atoms with Crippen LogP contribution in [0.4, 0.5) is 5.69 Å². The lowest BCUT2D eigenvalue weighted by Crippen LogP contribution is -2.22. The number of benzene rings is 1. The Hall–Kier alpha value is -1.02. The quantitative estimate of drug-likeness (QED) is 0.759. The Morgan fingerprint density at radius 3 is 2.82 bits per heavy atom. The fourth-order valence-electron chi connectivity index (χ4n) is 2.38. The molecule has 0 aliphatic heterocycles. The summed E-state index contributed by atoms with van der Waals surface area (Å²) in [5.74, 6) is 0.834. The first kappa shape index (κ1) is 12.4. The first-order chi connectivity index (χ1) is 8.31. The average molecular weight is 232 g/mol. The van der Waals surface area contributed by atoms with Gasteiger partial charge in [-0.15, -0.1) is 0 Å². The van der Waals surface area contributed by atoms with Crippen LogP contribution in [0.3, 0.4) is 0 Å². The Bertz CT molecular complexity index is 345. The number of hydrogen-bond donors (Lipinski definition) is 1. The van der Waals surface area contributed by atoms with E-state index in [9.17, 15) is 0 Å². The fourth-order valence-corrected chi connectivity index (χ4v) is 2.38. The summed E-state index contributed by atoms with van der Waals surface area (Å²) in [7, 11) is 4.20. The van der Waals surface area contributed by atoms with Gasteiger partial charge in [-0.3, -0.25) is 0 Å². The molecule has 1 fully saturated rings. The smallest absolute Gasteiger partial charge is 0.0366 e. The molecule has 0 amide bonds. The molecule has 1 aromatic rings. The van der Waals surface area contributed by atoms with Crippen LogP contribution in [0.2, 0.25) is 0 Å². The lowest BCUT2D eigenvalue weighted by molar-refractivity contribution is 0.420. The second kappa shape index (κ2) is 6.06. The Labute approximate surface area is 105 Å². The van der Waals surface area contributed by atoms with E-state index in [0.29, 0.717) is 0 Å². The van der Waals surface area contributed by atoms with E-state index >= 15 is 0 Å². The largest absolute Gasteiger partial charge is 0.375 e. The minimum Gasteiger partial charge on any atom is -0.375 e. The fraction of sp³-hybridized carbons (Fsp3) is 0.600. The number of nitrogens with zero attached hydrogens (tertiary/aromatic N) is 1. The van der Waals surface area contributed by atoms with Gasteiger partial charge >= 0.3 is 0 Å². The van der Waals surface area contributed by atoms with Crippen LogP contribution in [-0.2, 0) is 0 Å². The van der Waals surface area contributed by atoms with Crippen molar-refractivity contribution in [2.75, 3.05) is 32.1 Å². The van der Waals surface area contributed by atoms with E-state index in [1.165, 1.54) is 36.9 Å². The van der Waals surface area contributed by atoms with Gasteiger partial charge in [0.2, 0.25) is 0 Å². The van der Waals surface area contributed by atoms with Crippen LogP contribution in [0.1, 0.15) is 37.2 Å². The zero-order valence-electron chi connectivity index (χ0n) is 11.1. The first-order valence-corrected chi connectivity index (χ1v) is 6.77. The van der Waals surface area contributed by atoms with E-state index in [1.807, 2.05) is 7.05 Å². The van der Waals surface area contributed by atoms with Gasteiger partial charge in [-0.05, 0) is 56.5 Å². The summed E-state index contributed by atoms with van der Waals surface area (Å²) in [6.45, 7) is 2.21. The standard InChI is InChI=1S/C15H24N2/c1-16-10-5-11-17(2)15-9-4-8-14(12-15)13-6-3-7-13/h4,8-9,12-13,16H,3,5-7,10-11H2,1-2H3. The molecule has 1 aliphatic rings. The maximum absolute atomic E-state index is 3.20. The number of rotatable bonds is 6. The molecule has 0 bridgehead atoms. The topological polar surface area (TPSA) is 15.3 Å². The molecule has 0 unspecified atom stereocenters. The Morgan fingerprint density at radius 1 is 1.35 bits per heavy atom. The Balaban J connectivity index is 1.94. The van der Waals surface area contributed by atoms with Crippen LogP contribution in [0.15, 0.2) is 24.3 Å². The summed E-state index contributed by atoms with van der Waals surface area (Å²) in [6.07, 6.45) is 5.37. The maximum atomic E-state index is 3.20. The Morgan fingerprint density at radius 2 is 2.18 bits per heavy atom. The maximum Gasteiger partial charge on any atom is 0.0366 e. The summed E-state index contributed by atoms with van der Waals surface area (Å²) in [5.41, 5.74) is 2.90. The van der Waals surface area contributed by atoms with E-state index in [-0.39, 0.29) is 0 Å². The summed E-state index contributed by atoms with van der Waals surface area (Å²) in [5, 5.41) is 3.20. The summed E-state index contributed by atoms with van der Waals surface area (Å²) in [4.78, 5) is 2.36. The van der Waals surface area contributed by atoms with Crippen LogP contribution in [-0.4, -0.2) is 27.2 Å². The zero-order valence-corrected chi connectivity index (χ0v) is 11.1. The minimum atomic E-state index is 0.834. The van der Waals surface area contributed by atoms with Crippen molar-refractivity contribution in [3.63, 3.8) is 0 Å². The molecule has 17 heavy (non-hydrogen) atoms. The molecular weight excluding hydrogens is 208 g/mol. The molecule has 2 nitrogen and oxygen atoms in total. The van der Waals surface area contributed by atoms with Gasteiger partial charge in [0.1, 0.15) is 0 Å². The molecule has 94 valence electrons. The predicted molar refractivity (Wildman–Crippen MR) is 74.8 cm³/mol. The van der Waals surface area contributed by atoms with Gasteiger partial charge < -0.3 is 10.2 Å². The first-order valence-electron chi connectivity index (χ1n) is 6.77. The molecule has 0 atom stereocenters. The molecule has 1 saturated carbocycles. The third-order valence-electron chi connectivity index (χ3n) is 3.81. The summed E-state index contributed by atoms with van der Waals surface area (Å²) >= 11 is 0. The molecule has 1 N–H and O–H groups in total. The molecule has 0 saturated heterocycles. The third kappa shape index (κ3) is 3.22. The van der Waals surface area contributed by atoms with Gasteiger partial charge in [0.25, 0.3) is 0 Å². The van der Waals surface area contributed by atoms with Gasteiger partial charge in [0.15, 0.2) is 0 Å². The molecule has 2 rings (SSSR count). The van der Waals surface area contributed by atoms with Crippen LogP contribution < -0.4 is 10.2 Å². The number of hydrogen-bond acceptors (Lipinski definition) is 2. The summed E-state index contributed by atoms with van der Waals surface area (Å²) in [6, 6.07) is 9.09. The molecule has 0 aromatic heterocycles. The van der Waals surface area contributed by atoms with Gasteiger partial charge in [-0.2, -0.15) is 0 Å². The molecule has 0 spiro atoms. The van der Waals surface area contributed by atoms with Crippen molar-refractivity contribution in [1.29, 1.82) is 0 Å². The van der Waals surface area contributed by atoms with E-state index < -0.39 is 0 Å². The van der Waals surface area contributed by atoms with E-state index in [2.05, 4.69) is 41.5 Å². The number of nitrogens with one attached hydrogen (secondary N) is 1. The van der Waals surface area contributed by atoms with Crippen molar-refractivity contribution in [3.8, 4) is 0 Å². The van der Waals surface area contributed by atoms with Gasteiger partial charge in [0, 0.05) is 19.3 Å². The van der Waals surface area contributed by atoms with E-state index in [4.69, 9.17) is 0 Å². The lowest BCUT2D eigenvalue weighted by Gasteiger charge is -2.27. The monoisotopic (exact) mass is 232 g/mol. The van der Waals surface area contributed by atoms with Crippen molar-refractivity contribution >= 4 is 5.69 Å². The van der Waals surface area contributed by atoms with Crippen LogP contribution in [0, 0.1) is 0 Å². The van der Waals surface area contributed by atoms with Crippen molar-refractivity contribution in [3.05, 3.63) is 29.8 Å². The highest BCUT2D eigenvalue weighted by Gasteiger charge is 2.19. The highest BCUT2D eigenvalue weighted by atomic mass is 15.1. The molecular formula is C15H24N2. The second-order valence-corrected chi connectivity index (χ2v) is 5.10. The van der Waals surface area contributed by atoms with Gasteiger partial charge in [-0.25, -0.2) is 0 Å². The van der Waals surface area contributed by atoms with Crippen molar-refractivity contribution < 1.29 is 0 Å². The van der Waals surface area contributed by atoms with Crippen LogP contribution >= 0.6 is 0 Å². The minimum absolute atomic E-state index is 0.834. The SMILES string of the molecule is CNCCCN(C)c1cccc(C2CCC2)c1. The normalized spacial score (nSPS) is 15.6. The predicted octanol–water partition coefficient (Wildman–Crippen LogP) is 3.00. The Kier molecular flexibility index (Phi) is 4.43. The molecule has 1 aromatic carbocycles. The highest BCUT2D eigenvalue weighted by molar-refractivity contribution is 5.48. The third-order valence-corrected chi connectivity index (χ3v) is 3.81. The second-order valence-electron chi connectivity index (χ2n) is 5.10. The van der Waals surface area contributed by atoms with Crippen molar-refractivity contribution in [1.82, 2.24) is 5.32 Å². The van der Waals surface area contributed by atoms with Crippen LogP contribution in [0.5, 0.6) is 0 Å². The summed E-state index contributed by atoms with van der Waals surface area (Å²) < 4.78 is 0. The molecule has 1 aliphatic carbocycles. The van der Waals surface area contributed by atoms with Crippen molar-refractivity contribution in [2.45, 2.75) is 31.6 Å². The molecule has 2 heteroatoms. The average Bonchev–Trinajstić information content (AvgIpc) is 2.27. The highest BCUT2D eigenvalue weighted by Crippen LogP contribution is 2.37. The molecule has 0 radical (unpaired) electrons. The molecule has 0 heterocycles. The zero-order chi connectivity index (χ0) is 12.1. The van der Waals surface area contributed by atoms with Gasteiger partial charge in [0.05, 0.1) is 0 Å². The number of anilines is 1. The van der Waals surface area contributed by atoms with Crippen LogP contribution in [0.25, 0.3) is 0 Å². The van der Waals surface area contributed by atoms with Gasteiger partial charge in [-0.1, -0.05) is 18.6 Å².